The van der Waals surface area contributed by atoms with Gasteiger partial charge in [-0.05, 0) is 42.5 Å². The second-order valence-electron chi connectivity index (χ2n) is 6.26. The van der Waals surface area contributed by atoms with Gasteiger partial charge in [0.05, 0.1) is 5.56 Å². The third kappa shape index (κ3) is 3.55. The highest BCUT2D eigenvalue weighted by atomic mass is 16.7. The molecule has 0 fully saturated rings. The van der Waals surface area contributed by atoms with Gasteiger partial charge in [-0.1, -0.05) is 43.0 Å². The number of rotatable bonds is 6. The maximum absolute atomic E-state index is 13.0. The van der Waals surface area contributed by atoms with E-state index in [-0.39, 0.29) is 12.3 Å². The van der Waals surface area contributed by atoms with Crippen LogP contribution in [-0.2, 0) is 0 Å². The highest BCUT2D eigenvalue weighted by Crippen LogP contribution is 2.24. The van der Waals surface area contributed by atoms with Crippen LogP contribution in [0.4, 0.5) is 0 Å². The molecule has 0 unspecified atom stereocenters. The Morgan fingerprint density at radius 2 is 1.59 bits per heavy atom. The number of hydrogen-bond acceptors (Lipinski definition) is 4. The van der Waals surface area contributed by atoms with Gasteiger partial charge in [0.15, 0.2) is 5.52 Å². The van der Waals surface area contributed by atoms with Crippen LogP contribution in [0, 0.1) is 5.21 Å². The van der Waals surface area contributed by atoms with E-state index in [2.05, 4.69) is 6.58 Å². The zero-order chi connectivity index (χ0) is 20.2. The van der Waals surface area contributed by atoms with E-state index in [0.717, 1.165) is 4.73 Å². The number of fused-ring (bicyclic) bond motifs is 1. The van der Waals surface area contributed by atoms with Crippen LogP contribution in [0.3, 0.4) is 0 Å². The van der Waals surface area contributed by atoms with Crippen LogP contribution >= 0.6 is 0 Å². The number of hydrogen-bond donors (Lipinski definition) is 0. The summed E-state index contributed by atoms with van der Waals surface area (Å²) in [5.41, 5.74) is 0.612. The Morgan fingerprint density at radius 1 is 0.931 bits per heavy atom. The Hall–Kier alpha value is -4.06. The lowest BCUT2D eigenvalue weighted by Gasteiger charge is -2.13. The van der Waals surface area contributed by atoms with E-state index >= 15 is 0 Å². The molecule has 0 aliphatic heterocycles. The predicted octanol–water partition coefficient (Wildman–Crippen LogP) is 3.71. The minimum Gasteiger partial charge on any atom is -0.618 e. The van der Waals surface area contributed by atoms with Crippen molar-refractivity contribution < 1.29 is 14.3 Å². The molecule has 0 saturated carbocycles. The molecule has 6 nitrogen and oxygen atoms in total. The molecule has 0 spiro atoms. The summed E-state index contributed by atoms with van der Waals surface area (Å²) in [6.45, 7) is 3.74. The van der Waals surface area contributed by atoms with E-state index in [9.17, 15) is 10.0 Å². The Balaban J connectivity index is 1.79. The molecule has 144 valence electrons. The molecule has 0 aliphatic rings. The number of nitrogens with zero attached hydrogens (tertiary/aromatic N) is 2. The fraction of sp³-hybridized carbons (Fsp3) is 0.0435. The van der Waals surface area contributed by atoms with Crippen LogP contribution in [-0.4, -0.2) is 11.3 Å². The third-order valence-corrected chi connectivity index (χ3v) is 4.34. The number of para-hydroxylation sites is 3. The summed E-state index contributed by atoms with van der Waals surface area (Å²) in [6.07, 6.45) is 1.54. The van der Waals surface area contributed by atoms with Crippen LogP contribution < -0.4 is 19.9 Å². The highest BCUT2D eigenvalue weighted by Gasteiger charge is 2.23. The SMILES string of the molecule is C=CCOn1c(=O)c(-c2ccc(Oc3ccccc3)cc2)[n+]([O-])c2ccccc21. The molecule has 1 heterocycles. The van der Waals surface area contributed by atoms with Gasteiger partial charge in [0.25, 0.3) is 5.69 Å². The van der Waals surface area contributed by atoms with Crippen molar-refractivity contribution >= 4 is 11.0 Å². The molecule has 4 rings (SSSR count). The molecule has 0 amide bonds. The van der Waals surface area contributed by atoms with Gasteiger partial charge in [-0.25, -0.2) is 0 Å². The molecule has 1 aromatic heterocycles. The van der Waals surface area contributed by atoms with Crippen molar-refractivity contribution in [1.29, 1.82) is 0 Å². The van der Waals surface area contributed by atoms with Gasteiger partial charge in [-0.15, -0.1) is 4.73 Å². The summed E-state index contributed by atoms with van der Waals surface area (Å²) in [5.74, 6) is 1.30. The lowest BCUT2D eigenvalue weighted by molar-refractivity contribution is -0.566. The highest BCUT2D eigenvalue weighted by molar-refractivity contribution is 5.73. The average Bonchev–Trinajstić information content (AvgIpc) is 2.76. The third-order valence-electron chi connectivity index (χ3n) is 4.34. The van der Waals surface area contributed by atoms with Crippen LogP contribution in [0.25, 0.3) is 22.3 Å². The van der Waals surface area contributed by atoms with Gasteiger partial charge < -0.3 is 14.8 Å². The Morgan fingerprint density at radius 3 is 2.31 bits per heavy atom. The fourth-order valence-electron chi connectivity index (χ4n) is 3.02. The van der Waals surface area contributed by atoms with Crippen molar-refractivity contribution in [3.8, 4) is 22.8 Å². The number of ether oxygens (including phenoxy) is 1. The number of aromatic nitrogens is 2. The lowest BCUT2D eigenvalue weighted by atomic mass is 10.1. The first kappa shape index (κ1) is 18.3. The van der Waals surface area contributed by atoms with Gasteiger partial charge in [0.1, 0.15) is 18.1 Å². The minimum absolute atomic E-state index is 0.0287. The molecule has 0 radical (unpaired) electrons. The molecular formula is C23H18N2O4. The van der Waals surface area contributed by atoms with E-state index in [4.69, 9.17) is 9.57 Å². The molecule has 3 aromatic carbocycles. The normalized spacial score (nSPS) is 10.6. The smallest absolute Gasteiger partial charge is 0.357 e. The van der Waals surface area contributed by atoms with E-state index in [1.807, 2.05) is 30.3 Å². The molecule has 0 bridgehead atoms. The molecule has 4 aromatic rings. The van der Waals surface area contributed by atoms with E-state index in [0.29, 0.717) is 32.8 Å². The van der Waals surface area contributed by atoms with Crippen molar-refractivity contribution in [2.75, 3.05) is 6.61 Å². The zero-order valence-electron chi connectivity index (χ0n) is 15.5. The average molecular weight is 386 g/mol. The zero-order valence-corrected chi connectivity index (χ0v) is 15.5. The van der Waals surface area contributed by atoms with Crippen LogP contribution in [0.2, 0.25) is 0 Å². The summed E-state index contributed by atoms with van der Waals surface area (Å²) >= 11 is 0. The Bertz CT molecular complexity index is 1220. The van der Waals surface area contributed by atoms with Crippen LogP contribution in [0.1, 0.15) is 0 Å². The summed E-state index contributed by atoms with van der Waals surface area (Å²) in [5, 5.41) is 12.9. The first-order chi connectivity index (χ1) is 14.2. The summed E-state index contributed by atoms with van der Waals surface area (Å²) in [4.78, 5) is 18.6. The Kier molecular flexibility index (Phi) is 4.99. The summed E-state index contributed by atoms with van der Waals surface area (Å²) in [6, 6.07) is 22.9. The monoisotopic (exact) mass is 386 g/mol. The molecule has 0 N–H and O–H groups in total. The first-order valence-corrected chi connectivity index (χ1v) is 9.04. The number of benzene rings is 3. The molecule has 0 aliphatic carbocycles. The van der Waals surface area contributed by atoms with Crippen LogP contribution in [0.15, 0.2) is 96.3 Å². The predicted molar refractivity (Wildman–Crippen MR) is 111 cm³/mol. The van der Waals surface area contributed by atoms with Crippen molar-refractivity contribution in [2.45, 2.75) is 0 Å². The van der Waals surface area contributed by atoms with Gasteiger partial charge in [-0.3, -0.25) is 4.79 Å². The standard InChI is InChI=1S/C23H18N2O4/c1-2-16-28-25-21-11-7-6-10-20(21)24(27)22(23(25)26)17-12-14-19(15-13-17)29-18-8-4-3-5-9-18/h2-15H,1,16H2. The van der Waals surface area contributed by atoms with Gasteiger partial charge >= 0.3 is 5.56 Å². The summed E-state index contributed by atoms with van der Waals surface area (Å²) < 4.78 is 7.54. The largest absolute Gasteiger partial charge is 0.618 e. The molecule has 6 heteroatoms. The van der Waals surface area contributed by atoms with Crippen molar-refractivity contribution in [3.05, 3.63) is 107 Å². The Labute approximate surface area is 167 Å². The molecule has 0 atom stereocenters. The van der Waals surface area contributed by atoms with E-state index in [1.165, 1.54) is 6.08 Å². The summed E-state index contributed by atoms with van der Waals surface area (Å²) in [7, 11) is 0. The topological polar surface area (TPSA) is 67.4 Å². The van der Waals surface area contributed by atoms with Crippen molar-refractivity contribution in [3.63, 3.8) is 0 Å². The lowest BCUT2D eigenvalue weighted by Crippen LogP contribution is -2.42. The minimum atomic E-state index is -0.544. The fourth-order valence-corrected chi connectivity index (χ4v) is 3.02. The molecular weight excluding hydrogens is 368 g/mol. The van der Waals surface area contributed by atoms with Crippen LogP contribution in [0.5, 0.6) is 11.5 Å². The van der Waals surface area contributed by atoms with Crippen molar-refractivity contribution in [2.24, 2.45) is 0 Å². The quantitative estimate of drug-likeness (QED) is 0.288. The van der Waals surface area contributed by atoms with Gasteiger partial charge in [-0.2, -0.15) is 4.73 Å². The molecule has 29 heavy (non-hydrogen) atoms. The van der Waals surface area contributed by atoms with Gasteiger partial charge in [0.2, 0.25) is 5.52 Å². The second-order valence-corrected chi connectivity index (χ2v) is 6.26. The van der Waals surface area contributed by atoms with Gasteiger partial charge in [0, 0.05) is 6.07 Å². The van der Waals surface area contributed by atoms with E-state index < -0.39 is 5.56 Å². The maximum Gasteiger partial charge on any atom is 0.357 e. The van der Waals surface area contributed by atoms with Crippen molar-refractivity contribution in [1.82, 2.24) is 4.73 Å². The molecule has 0 saturated heterocycles. The second kappa shape index (κ2) is 7.90. The van der Waals surface area contributed by atoms with E-state index in [1.54, 1.807) is 48.5 Å². The first-order valence-electron chi connectivity index (χ1n) is 9.04. The maximum atomic E-state index is 13.0.